The lowest BCUT2D eigenvalue weighted by Crippen LogP contribution is -2.44. The summed E-state index contributed by atoms with van der Waals surface area (Å²) >= 11 is 0. The molecule has 0 amide bonds. The van der Waals surface area contributed by atoms with E-state index >= 15 is 0 Å². The molecule has 1 atom stereocenters. The third kappa shape index (κ3) is 4.03. The fourth-order valence-electron chi connectivity index (χ4n) is 1.69. The van der Waals surface area contributed by atoms with Gasteiger partial charge in [-0.1, -0.05) is 6.92 Å². The second-order valence-corrected chi connectivity index (χ2v) is 4.15. The fourth-order valence-corrected chi connectivity index (χ4v) is 1.69. The SMILES string of the molecule is CCCNC(Cc1cc(C)nn1C)C(F)(F)F. The zero-order chi connectivity index (χ0) is 13.1. The van der Waals surface area contributed by atoms with E-state index in [0.717, 1.165) is 5.69 Å². The van der Waals surface area contributed by atoms with Crippen LogP contribution < -0.4 is 5.32 Å². The van der Waals surface area contributed by atoms with E-state index in [-0.39, 0.29) is 6.42 Å². The number of nitrogens with one attached hydrogen (secondary N) is 1. The zero-order valence-electron chi connectivity index (χ0n) is 10.3. The number of aromatic nitrogens is 2. The minimum Gasteiger partial charge on any atom is -0.306 e. The molecule has 98 valence electrons. The summed E-state index contributed by atoms with van der Waals surface area (Å²) < 4.78 is 39.8. The Morgan fingerprint density at radius 3 is 2.53 bits per heavy atom. The Morgan fingerprint density at radius 2 is 2.12 bits per heavy atom. The van der Waals surface area contributed by atoms with Crippen molar-refractivity contribution in [2.45, 2.75) is 38.9 Å². The largest absolute Gasteiger partial charge is 0.404 e. The van der Waals surface area contributed by atoms with E-state index in [9.17, 15) is 13.2 Å². The number of nitrogens with zero attached hydrogens (tertiary/aromatic N) is 2. The van der Waals surface area contributed by atoms with Gasteiger partial charge >= 0.3 is 6.18 Å². The Balaban J connectivity index is 2.75. The molecule has 0 saturated heterocycles. The first kappa shape index (κ1) is 14.0. The van der Waals surface area contributed by atoms with Gasteiger partial charge in [0.15, 0.2) is 0 Å². The molecule has 0 radical (unpaired) electrons. The molecule has 1 heterocycles. The van der Waals surface area contributed by atoms with Crippen LogP contribution in [0, 0.1) is 6.92 Å². The number of aryl methyl sites for hydroxylation is 2. The van der Waals surface area contributed by atoms with Gasteiger partial charge < -0.3 is 5.32 Å². The van der Waals surface area contributed by atoms with Gasteiger partial charge in [-0.3, -0.25) is 4.68 Å². The van der Waals surface area contributed by atoms with Crippen molar-refractivity contribution < 1.29 is 13.2 Å². The van der Waals surface area contributed by atoms with Crippen molar-refractivity contribution in [2.75, 3.05) is 6.54 Å². The number of halogens is 3. The van der Waals surface area contributed by atoms with Gasteiger partial charge in [0.05, 0.1) is 5.69 Å². The Labute approximate surface area is 99.0 Å². The highest BCUT2D eigenvalue weighted by atomic mass is 19.4. The second-order valence-electron chi connectivity index (χ2n) is 4.15. The summed E-state index contributed by atoms with van der Waals surface area (Å²) in [6, 6.07) is 0.184. The van der Waals surface area contributed by atoms with Crippen LogP contribution >= 0.6 is 0 Å². The monoisotopic (exact) mass is 249 g/mol. The lowest BCUT2D eigenvalue weighted by molar-refractivity contribution is -0.155. The Kier molecular flexibility index (Phi) is 4.56. The van der Waals surface area contributed by atoms with Gasteiger partial charge in [-0.15, -0.1) is 0 Å². The zero-order valence-corrected chi connectivity index (χ0v) is 10.3. The Hall–Kier alpha value is -1.04. The number of hydrogen-bond acceptors (Lipinski definition) is 2. The molecule has 0 fully saturated rings. The smallest absolute Gasteiger partial charge is 0.306 e. The summed E-state index contributed by atoms with van der Waals surface area (Å²) in [7, 11) is 1.66. The first-order valence-corrected chi connectivity index (χ1v) is 5.64. The van der Waals surface area contributed by atoms with E-state index in [1.54, 1.807) is 20.0 Å². The summed E-state index contributed by atoms with van der Waals surface area (Å²) in [6.07, 6.45) is -3.63. The predicted octanol–water partition coefficient (Wildman–Crippen LogP) is 2.20. The topological polar surface area (TPSA) is 29.9 Å². The van der Waals surface area contributed by atoms with Crippen molar-refractivity contribution in [1.29, 1.82) is 0 Å². The van der Waals surface area contributed by atoms with Crippen LogP contribution in [0.4, 0.5) is 13.2 Å². The first-order valence-electron chi connectivity index (χ1n) is 5.64. The lowest BCUT2D eigenvalue weighted by atomic mass is 10.1. The maximum atomic E-state index is 12.8. The maximum absolute atomic E-state index is 12.8. The minimum atomic E-state index is -4.23. The summed E-state index contributed by atoms with van der Waals surface area (Å²) in [4.78, 5) is 0. The highest BCUT2D eigenvalue weighted by Gasteiger charge is 2.39. The van der Waals surface area contributed by atoms with Gasteiger partial charge in [-0.05, 0) is 26.0 Å². The molecule has 6 heteroatoms. The van der Waals surface area contributed by atoms with Crippen molar-refractivity contribution in [3.05, 3.63) is 17.5 Å². The molecule has 1 N–H and O–H groups in total. The quantitative estimate of drug-likeness (QED) is 0.867. The highest BCUT2D eigenvalue weighted by molar-refractivity contribution is 5.10. The molecule has 3 nitrogen and oxygen atoms in total. The number of hydrogen-bond donors (Lipinski definition) is 1. The molecule has 0 aliphatic rings. The van der Waals surface area contributed by atoms with Crippen LogP contribution in [0.3, 0.4) is 0 Å². The Bertz CT molecular complexity index is 357. The molecule has 1 aromatic heterocycles. The summed E-state index contributed by atoms with van der Waals surface area (Å²) in [6.45, 7) is 3.97. The van der Waals surface area contributed by atoms with Crippen molar-refractivity contribution in [3.8, 4) is 0 Å². The van der Waals surface area contributed by atoms with Gasteiger partial charge in [0, 0.05) is 19.2 Å². The normalized spacial score (nSPS) is 14.0. The molecule has 1 unspecified atom stereocenters. The molecule has 1 aromatic rings. The molecule has 0 saturated carbocycles. The van der Waals surface area contributed by atoms with Crippen molar-refractivity contribution in [1.82, 2.24) is 15.1 Å². The Morgan fingerprint density at radius 1 is 1.47 bits per heavy atom. The molecular weight excluding hydrogens is 231 g/mol. The van der Waals surface area contributed by atoms with Crippen LogP contribution in [-0.4, -0.2) is 28.5 Å². The van der Waals surface area contributed by atoms with E-state index < -0.39 is 12.2 Å². The van der Waals surface area contributed by atoms with Crippen LogP contribution in [0.5, 0.6) is 0 Å². The van der Waals surface area contributed by atoms with Gasteiger partial charge in [0.1, 0.15) is 6.04 Å². The van der Waals surface area contributed by atoms with Gasteiger partial charge in [0.2, 0.25) is 0 Å². The van der Waals surface area contributed by atoms with E-state index in [2.05, 4.69) is 10.4 Å². The van der Waals surface area contributed by atoms with E-state index in [1.165, 1.54) is 4.68 Å². The maximum Gasteiger partial charge on any atom is 0.404 e. The van der Waals surface area contributed by atoms with Crippen LogP contribution in [-0.2, 0) is 13.5 Å². The van der Waals surface area contributed by atoms with E-state index in [1.807, 2.05) is 6.92 Å². The number of alkyl halides is 3. The molecule has 0 spiro atoms. The van der Waals surface area contributed by atoms with E-state index in [4.69, 9.17) is 0 Å². The highest BCUT2D eigenvalue weighted by Crippen LogP contribution is 2.23. The number of rotatable bonds is 5. The minimum absolute atomic E-state index is 0.0825. The summed E-state index contributed by atoms with van der Waals surface area (Å²) in [5.74, 6) is 0. The average Bonchev–Trinajstić information content (AvgIpc) is 2.50. The third-order valence-electron chi connectivity index (χ3n) is 2.55. The standard InChI is InChI=1S/C11H18F3N3/c1-4-5-15-10(11(12,13)14)7-9-6-8(2)16-17(9)3/h6,10,15H,4-5,7H2,1-3H3. The van der Waals surface area contributed by atoms with Crippen LogP contribution in [0.2, 0.25) is 0 Å². The summed E-state index contributed by atoms with van der Waals surface area (Å²) in [5, 5.41) is 6.58. The van der Waals surface area contributed by atoms with Gasteiger partial charge in [-0.2, -0.15) is 18.3 Å². The van der Waals surface area contributed by atoms with Gasteiger partial charge in [-0.25, -0.2) is 0 Å². The molecule has 0 aliphatic heterocycles. The van der Waals surface area contributed by atoms with Crippen LogP contribution in [0.15, 0.2) is 6.07 Å². The second kappa shape index (κ2) is 5.53. The van der Waals surface area contributed by atoms with Crippen molar-refractivity contribution >= 4 is 0 Å². The first-order chi connectivity index (χ1) is 7.84. The van der Waals surface area contributed by atoms with Crippen molar-refractivity contribution in [2.24, 2.45) is 7.05 Å². The molecule has 0 aliphatic carbocycles. The molecular formula is C11H18F3N3. The summed E-state index contributed by atoms with van der Waals surface area (Å²) in [5.41, 5.74) is 1.33. The third-order valence-corrected chi connectivity index (χ3v) is 2.55. The van der Waals surface area contributed by atoms with Gasteiger partial charge in [0.25, 0.3) is 0 Å². The van der Waals surface area contributed by atoms with Crippen molar-refractivity contribution in [3.63, 3.8) is 0 Å². The lowest BCUT2D eigenvalue weighted by Gasteiger charge is -2.21. The van der Waals surface area contributed by atoms with E-state index in [0.29, 0.717) is 18.7 Å². The fraction of sp³-hybridized carbons (Fsp3) is 0.727. The predicted molar refractivity (Wildman–Crippen MR) is 59.8 cm³/mol. The van der Waals surface area contributed by atoms with Crippen LogP contribution in [0.25, 0.3) is 0 Å². The molecule has 1 rings (SSSR count). The van der Waals surface area contributed by atoms with Crippen LogP contribution in [0.1, 0.15) is 24.7 Å². The molecule has 0 aromatic carbocycles. The molecule has 0 bridgehead atoms. The average molecular weight is 249 g/mol. The molecule has 17 heavy (non-hydrogen) atoms.